The number of carboxylic acids is 2. The molecule has 2 atom stereocenters. The van der Waals surface area contributed by atoms with Crippen molar-refractivity contribution < 1.29 is 24.6 Å². The van der Waals surface area contributed by atoms with Gasteiger partial charge in [-0.1, -0.05) is 12.8 Å². The van der Waals surface area contributed by atoms with Gasteiger partial charge in [0.25, 0.3) is 0 Å². The lowest BCUT2D eigenvalue weighted by atomic mass is 9.87. The van der Waals surface area contributed by atoms with Gasteiger partial charge in [0.15, 0.2) is 0 Å². The number of nitrogen functional groups attached to an aromatic ring is 1. The van der Waals surface area contributed by atoms with Gasteiger partial charge >= 0.3 is 5.97 Å². The fraction of sp³-hybridized carbons (Fsp3) is 0.688. The maximum atomic E-state index is 11.8. The largest absolute Gasteiger partial charge is 0.549 e. The van der Waals surface area contributed by atoms with Crippen LogP contribution in [0.2, 0.25) is 0 Å². The molecule has 2 unspecified atom stereocenters. The molecule has 0 amide bonds. The molecular weight excluding hydrogens is 356 g/mol. The van der Waals surface area contributed by atoms with E-state index in [9.17, 15) is 24.6 Å². The summed E-state index contributed by atoms with van der Waals surface area (Å²) in [6.07, 6.45) is 4.67. The third-order valence-electron chi connectivity index (χ3n) is 4.65. The first kappa shape index (κ1) is 20.8. The summed E-state index contributed by atoms with van der Waals surface area (Å²) in [6.45, 7) is 1.05. The number of nitrogens with two attached hydrogens (primary N) is 1. The number of ketones is 1. The van der Waals surface area contributed by atoms with Crippen LogP contribution < -0.4 is 10.9 Å². The summed E-state index contributed by atoms with van der Waals surface area (Å²) in [7, 11) is 0. The van der Waals surface area contributed by atoms with Gasteiger partial charge in [-0.15, -0.1) is 5.10 Å². The minimum Gasteiger partial charge on any atom is -0.549 e. The van der Waals surface area contributed by atoms with Crippen molar-refractivity contribution in [2.75, 3.05) is 25.5 Å². The highest BCUT2D eigenvalue weighted by atomic mass is 16.4. The summed E-state index contributed by atoms with van der Waals surface area (Å²) in [5, 5.41) is 27.9. The average molecular weight is 381 g/mol. The lowest BCUT2D eigenvalue weighted by Crippen LogP contribution is -2.57. The average Bonchev–Trinajstić information content (AvgIpc) is 2.97. The van der Waals surface area contributed by atoms with Crippen molar-refractivity contribution in [1.29, 1.82) is 0 Å². The number of hydrogen-bond donors (Lipinski definition) is 2. The molecule has 0 spiro atoms. The molecule has 0 aliphatic heterocycles. The third kappa shape index (κ3) is 6.29. The van der Waals surface area contributed by atoms with Crippen LogP contribution in [0, 0.1) is 0 Å². The minimum absolute atomic E-state index is 0.0517. The predicted octanol–water partition coefficient (Wildman–Crippen LogP) is -2.17. The van der Waals surface area contributed by atoms with Crippen molar-refractivity contribution in [2.24, 2.45) is 0 Å². The van der Waals surface area contributed by atoms with Crippen LogP contribution >= 0.6 is 0 Å². The molecule has 2 rings (SSSR count). The van der Waals surface area contributed by atoms with Crippen molar-refractivity contribution in [3.8, 4) is 0 Å². The van der Waals surface area contributed by atoms with Crippen LogP contribution in [-0.4, -0.2) is 79.4 Å². The molecule has 1 aromatic rings. The third-order valence-corrected chi connectivity index (χ3v) is 4.65. The molecule has 11 nitrogen and oxygen atoms in total. The Morgan fingerprint density at radius 3 is 2.33 bits per heavy atom. The normalized spacial score (nSPS) is 20.1. The molecule has 1 aliphatic carbocycles. The highest BCUT2D eigenvalue weighted by Gasteiger charge is 2.35. The number of aromatic nitrogens is 3. The van der Waals surface area contributed by atoms with Gasteiger partial charge in [-0.3, -0.25) is 19.4 Å². The van der Waals surface area contributed by atoms with E-state index in [4.69, 9.17) is 5.84 Å². The van der Waals surface area contributed by atoms with Crippen LogP contribution in [0.25, 0.3) is 0 Å². The fourth-order valence-corrected chi connectivity index (χ4v) is 3.74. The number of carbonyl (C=O) groups excluding carboxylic acids is 2. The zero-order chi connectivity index (χ0) is 20.0. The number of hydrogen-bond acceptors (Lipinski definition) is 9. The molecule has 27 heavy (non-hydrogen) atoms. The van der Waals surface area contributed by atoms with E-state index in [1.807, 2.05) is 4.90 Å². The van der Waals surface area contributed by atoms with E-state index in [-0.39, 0.29) is 24.4 Å². The molecule has 0 aromatic carbocycles. The van der Waals surface area contributed by atoms with Gasteiger partial charge in [-0.2, -0.15) is 4.79 Å². The standard InChI is InChI=1S/C16H26N6O5/c1-11(23)6-20(7-12-8-22(17)19-18-12)13-4-2-3-5-14(13)21(9-15(24)25)10-16(26)27/h8,13-14H,2-7,9-10,17H2,1H3,(H,24,25)(H,26,27)/p-1. The second-order valence-electron chi connectivity index (χ2n) is 6.89. The topological polar surface area (TPSA) is 158 Å². The van der Waals surface area contributed by atoms with Gasteiger partial charge in [-0.05, 0) is 25.0 Å². The van der Waals surface area contributed by atoms with Gasteiger partial charge in [0.05, 0.1) is 30.9 Å². The maximum Gasteiger partial charge on any atom is 0.317 e. The van der Waals surface area contributed by atoms with E-state index >= 15 is 0 Å². The number of carboxylic acid groups (broad SMARTS) is 2. The van der Waals surface area contributed by atoms with E-state index in [2.05, 4.69) is 10.3 Å². The maximum absolute atomic E-state index is 11.8. The van der Waals surface area contributed by atoms with Gasteiger partial charge in [0.2, 0.25) is 0 Å². The second-order valence-corrected chi connectivity index (χ2v) is 6.89. The van der Waals surface area contributed by atoms with Gasteiger partial charge in [-0.25, -0.2) is 0 Å². The van der Waals surface area contributed by atoms with Gasteiger partial charge in [0.1, 0.15) is 5.78 Å². The van der Waals surface area contributed by atoms with E-state index in [0.29, 0.717) is 18.7 Å². The van der Waals surface area contributed by atoms with Crippen molar-refractivity contribution in [3.05, 3.63) is 11.9 Å². The van der Waals surface area contributed by atoms with Gasteiger partial charge in [0, 0.05) is 25.2 Å². The highest BCUT2D eigenvalue weighted by molar-refractivity contribution is 5.77. The molecular formula is C16H25N6O5-. The monoisotopic (exact) mass is 381 g/mol. The van der Waals surface area contributed by atoms with Crippen LogP contribution in [0.4, 0.5) is 0 Å². The van der Waals surface area contributed by atoms with Gasteiger partial charge < -0.3 is 20.9 Å². The van der Waals surface area contributed by atoms with Crippen LogP contribution in [0.3, 0.4) is 0 Å². The molecule has 1 fully saturated rings. The Hall–Kier alpha value is -2.53. The summed E-state index contributed by atoms with van der Waals surface area (Å²) < 4.78 is 0. The SMILES string of the molecule is CC(=O)CN(Cc1cn(N)nn1)C1CCCCC1N(CC(=O)[O-])CC(=O)O. The number of aliphatic carboxylic acids is 2. The number of rotatable bonds is 10. The Kier molecular flexibility index (Phi) is 7.25. The summed E-state index contributed by atoms with van der Waals surface area (Å²) >= 11 is 0. The van der Waals surface area contributed by atoms with Crippen molar-refractivity contribution in [2.45, 2.75) is 51.2 Å². The molecule has 150 valence electrons. The summed E-state index contributed by atoms with van der Waals surface area (Å²) in [5.74, 6) is 3.04. The smallest absolute Gasteiger partial charge is 0.317 e. The molecule has 1 aromatic heterocycles. The zero-order valence-corrected chi connectivity index (χ0v) is 15.3. The highest BCUT2D eigenvalue weighted by Crippen LogP contribution is 2.28. The molecule has 0 bridgehead atoms. The first-order valence-corrected chi connectivity index (χ1v) is 8.81. The Bertz CT molecular complexity index is 662. The molecule has 11 heteroatoms. The van der Waals surface area contributed by atoms with Crippen LogP contribution in [-0.2, 0) is 20.9 Å². The first-order valence-electron chi connectivity index (χ1n) is 8.81. The number of nitrogens with zero attached hydrogens (tertiary/aromatic N) is 5. The van der Waals surface area contributed by atoms with Crippen molar-refractivity contribution in [3.63, 3.8) is 0 Å². The number of Topliss-reactive ketones (excluding diaryl/α,β-unsaturated/α-hetero) is 1. The zero-order valence-electron chi connectivity index (χ0n) is 15.3. The Labute approximate surface area is 156 Å². The lowest BCUT2D eigenvalue weighted by Gasteiger charge is -2.44. The molecule has 1 saturated carbocycles. The predicted molar refractivity (Wildman–Crippen MR) is 91.5 cm³/mol. The first-order chi connectivity index (χ1) is 12.8. The Balaban J connectivity index is 2.26. The van der Waals surface area contributed by atoms with Crippen molar-refractivity contribution in [1.82, 2.24) is 24.9 Å². The number of carbonyl (C=O) groups is 3. The minimum atomic E-state index is -1.33. The Morgan fingerprint density at radius 2 is 1.85 bits per heavy atom. The van der Waals surface area contributed by atoms with E-state index < -0.39 is 25.0 Å². The quantitative estimate of drug-likeness (QED) is 0.427. The van der Waals surface area contributed by atoms with Crippen molar-refractivity contribution >= 4 is 17.7 Å². The van der Waals surface area contributed by atoms with Crippen LogP contribution in [0.5, 0.6) is 0 Å². The Morgan fingerprint density at radius 1 is 1.22 bits per heavy atom. The van der Waals surface area contributed by atoms with E-state index in [1.165, 1.54) is 11.8 Å². The molecule has 0 saturated heterocycles. The second kappa shape index (κ2) is 9.42. The van der Waals surface area contributed by atoms with Crippen LogP contribution in [0.15, 0.2) is 6.20 Å². The van der Waals surface area contributed by atoms with Crippen LogP contribution in [0.1, 0.15) is 38.3 Å². The van der Waals surface area contributed by atoms with E-state index in [0.717, 1.165) is 24.1 Å². The molecule has 3 N–H and O–H groups in total. The fourth-order valence-electron chi connectivity index (χ4n) is 3.74. The lowest BCUT2D eigenvalue weighted by molar-refractivity contribution is -0.306. The summed E-state index contributed by atoms with van der Waals surface area (Å²) in [6, 6.07) is -0.510. The molecule has 1 heterocycles. The summed E-state index contributed by atoms with van der Waals surface area (Å²) in [4.78, 5) is 38.6. The molecule has 1 aliphatic rings. The van der Waals surface area contributed by atoms with E-state index in [1.54, 1.807) is 6.20 Å². The summed E-state index contributed by atoms with van der Waals surface area (Å²) in [5.41, 5.74) is 0.577. The molecule has 0 radical (unpaired) electrons.